The molecule has 0 atom stereocenters. The summed E-state index contributed by atoms with van der Waals surface area (Å²) in [5.74, 6) is 1.97. The van der Waals surface area contributed by atoms with Crippen LogP contribution in [0.4, 0.5) is 4.39 Å². The molecule has 6 rings (SSSR count). The fraction of sp³-hybridized carbons (Fsp3) is 0.231. The molecule has 0 amide bonds. The van der Waals surface area contributed by atoms with Crippen LogP contribution in [0.3, 0.4) is 0 Å². The molecule has 1 saturated carbocycles. The van der Waals surface area contributed by atoms with E-state index < -0.39 is 5.67 Å². The van der Waals surface area contributed by atoms with Crippen molar-refractivity contribution in [2.24, 2.45) is 0 Å². The number of aromatic amines is 1. The lowest BCUT2D eigenvalue weighted by Gasteiger charge is -2.26. The average molecular weight is 439 g/mol. The van der Waals surface area contributed by atoms with E-state index in [1.165, 1.54) is 0 Å². The van der Waals surface area contributed by atoms with Gasteiger partial charge in [0.15, 0.2) is 0 Å². The van der Waals surface area contributed by atoms with Crippen molar-refractivity contribution >= 4 is 11.0 Å². The number of fused-ring (bicyclic) bond motifs is 1. The van der Waals surface area contributed by atoms with E-state index in [0.29, 0.717) is 22.8 Å². The Morgan fingerprint density at radius 1 is 1.00 bits per heavy atom. The van der Waals surface area contributed by atoms with Crippen LogP contribution in [0.15, 0.2) is 65.4 Å². The summed E-state index contributed by atoms with van der Waals surface area (Å²) in [4.78, 5) is 17.1. The molecule has 1 aliphatic rings. The van der Waals surface area contributed by atoms with E-state index in [1.807, 2.05) is 26.0 Å². The summed E-state index contributed by atoms with van der Waals surface area (Å²) in [7, 11) is 0. The van der Waals surface area contributed by atoms with Crippen molar-refractivity contribution in [3.8, 4) is 11.1 Å². The van der Waals surface area contributed by atoms with Gasteiger partial charge in [-0.05, 0) is 68.7 Å². The van der Waals surface area contributed by atoms with Gasteiger partial charge < -0.3 is 9.51 Å². The predicted octanol–water partition coefficient (Wildman–Crippen LogP) is 5.76. The summed E-state index contributed by atoms with van der Waals surface area (Å²) >= 11 is 0. The number of aromatic nitrogens is 5. The summed E-state index contributed by atoms with van der Waals surface area (Å²) in [6.45, 7) is 3.75. The normalized spacial score (nSPS) is 14.2. The van der Waals surface area contributed by atoms with Crippen LogP contribution in [0.1, 0.15) is 53.0 Å². The molecule has 0 radical (unpaired) electrons. The molecule has 0 aliphatic heterocycles. The van der Waals surface area contributed by atoms with E-state index in [0.717, 1.165) is 41.0 Å². The molecule has 6 nitrogen and oxygen atoms in total. The number of nitrogens with one attached hydrogen (secondary N) is 1. The summed E-state index contributed by atoms with van der Waals surface area (Å²) < 4.78 is 23.0. The molecule has 0 saturated heterocycles. The number of benzene rings is 1. The van der Waals surface area contributed by atoms with Crippen LogP contribution >= 0.6 is 0 Å². The van der Waals surface area contributed by atoms with Gasteiger partial charge in [0.1, 0.15) is 11.6 Å². The molecule has 7 heteroatoms. The monoisotopic (exact) mass is 439 g/mol. The standard InChI is InChI=1S/C26H22FN5O/c1-15-23(16(2)33-32-15)18-13-19(24-20(14-18)30-25(31-24)17-9-10-17)26(27,21-7-3-5-11-28-21)22-8-4-6-12-29-22/h3-8,11-14,17H,9-10H2,1-2H3,(H,30,31). The number of pyridine rings is 2. The fourth-order valence-corrected chi connectivity index (χ4v) is 4.53. The molecular formula is C26H22FN5O. The van der Waals surface area contributed by atoms with Crippen molar-refractivity contribution in [1.29, 1.82) is 0 Å². The zero-order chi connectivity index (χ0) is 22.6. The van der Waals surface area contributed by atoms with Gasteiger partial charge in [0, 0.05) is 29.4 Å². The van der Waals surface area contributed by atoms with Crippen LogP contribution in [-0.4, -0.2) is 25.1 Å². The third-order valence-electron chi connectivity index (χ3n) is 6.30. The number of halogens is 1. The minimum absolute atomic E-state index is 0.261. The Labute approximate surface area is 189 Å². The third-order valence-corrected chi connectivity index (χ3v) is 6.30. The maximum Gasteiger partial charge on any atom is 0.221 e. The summed E-state index contributed by atoms with van der Waals surface area (Å²) in [5, 5.41) is 4.10. The highest BCUT2D eigenvalue weighted by Gasteiger charge is 2.42. The van der Waals surface area contributed by atoms with Gasteiger partial charge in [-0.15, -0.1) is 0 Å². The molecule has 1 aromatic carbocycles. The Hall–Kier alpha value is -3.87. The molecule has 1 N–H and O–H groups in total. The van der Waals surface area contributed by atoms with Crippen molar-refractivity contribution in [3.05, 3.63) is 95.2 Å². The highest BCUT2D eigenvalue weighted by Crippen LogP contribution is 2.45. The van der Waals surface area contributed by atoms with Crippen molar-refractivity contribution in [2.75, 3.05) is 0 Å². The van der Waals surface area contributed by atoms with E-state index in [1.54, 1.807) is 48.8 Å². The summed E-state index contributed by atoms with van der Waals surface area (Å²) in [6.07, 6.45) is 5.38. The molecule has 5 aromatic rings. The Kier molecular flexibility index (Phi) is 4.40. The van der Waals surface area contributed by atoms with Crippen LogP contribution in [0, 0.1) is 13.8 Å². The quantitative estimate of drug-likeness (QED) is 0.376. The summed E-state index contributed by atoms with van der Waals surface area (Å²) in [6, 6.07) is 14.4. The Morgan fingerprint density at radius 3 is 2.24 bits per heavy atom. The van der Waals surface area contributed by atoms with Crippen LogP contribution in [-0.2, 0) is 5.67 Å². The molecule has 1 fully saturated rings. The van der Waals surface area contributed by atoms with Gasteiger partial charge in [0.05, 0.1) is 28.1 Å². The number of alkyl halides is 1. The second kappa shape index (κ2) is 7.33. The topological polar surface area (TPSA) is 80.5 Å². The maximum atomic E-state index is 17.5. The zero-order valence-electron chi connectivity index (χ0n) is 18.3. The molecule has 164 valence electrons. The van der Waals surface area contributed by atoms with Crippen LogP contribution < -0.4 is 0 Å². The van der Waals surface area contributed by atoms with Crippen molar-refractivity contribution < 1.29 is 8.91 Å². The van der Waals surface area contributed by atoms with Crippen molar-refractivity contribution in [2.45, 2.75) is 38.3 Å². The second-order valence-electron chi connectivity index (χ2n) is 8.60. The molecule has 4 heterocycles. The van der Waals surface area contributed by atoms with Gasteiger partial charge in [0.25, 0.3) is 0 Å². The SMILES string of the molecule is Cc1noc(C)c1-c1cc(C(F)(c2ccccn2)c2ccccn2)c2nc(C3CC3)[nH]c2c1. The van der Waals surface area contributed by atoms with Gasteiger partial charge in [-0.1, -0.05) is 17.3 Å². The number of hydrogen-bond acceptors (Lipinski definition) is 5. The third kappa shape index (κ3) is 3.15. The predicted molar refractivity (Wildman–Crippen MR) is 123 cm³/mol. The van der Waals surface area contributed by atoms with Crippen LogP contribution in [0.5, 0.6) is 0 Å². The molecular weight excluding hydrogens is 417 g/mol. The van der Waals surface area contributed by atoms with Crippen molar-refractivity contribution in [1.82, 2.24) is 25.1 Å². The number of H-pyrrole nitrogens is 1. The first kappa shape index (κ1) is 19.8. The first-order chi connectivity index (χ1) is 16.1. The minimum atomic E-state index is -2.11. The van der Waals surface area contributed by atoms with Gasteiger partial charge in [0.2, 0.25) is 5.67 Å². The molecule has 1 aliphatic carbocycles. The van der Waals surface area contributed by atoms with E-state index in [-0.39, 0.29) is 11.4 Å². The molecule has 33 heavy (non-hydrogen) atoms. The Bertz CT molecular complexity index is 1400. The number of hydrogen-bond donors (Lipinski definition) is 1. The average Bonchev–Trinajstić information content (AvgIpc) is 3.53. The molecule has 4 aromatic heterocycles. The Balaban J connectivity index is 1.70. The molecule has 0 unspecified atom stereocenters. The number of nitrogens with zero attached hydrogens (tertiary/aromatic N) is 4. The zero-order valence-corrected chi connectivity index (χ0v) is 18.3. The maximum absolute atomic E-state index is 17.5. The van der Waals surface area contributed by atoms with E-state index in [2.05, 4.69) is 20.1 Å². The molecule has 0 bridgehead atoms. The lowest BCUT2D eigenvalue weighted by atomic mass is 9.85. The number of aryl methyl sites for hydroxylation is 2. The number of imidazole rings is 1. The van der Waals surface area contributed by atoms with E-state index in [4.69, 9.17) is 9.51 Å². The highest BCUT2D eigenvalue weighted by atomic mass is 19.1. The van der Waals surface area contributed by atoms with Gasteiger partial charge >= 0.3 is 0 Å². The lowest BCUT2D eigenvalue weighted by molar-refractivity contribution is 0.268. The first-order valence-electron chi connectivity index (χ1n) is 11.0. The van der Waals surface area contributed by atoms with E-state index in [9.17, 15) is 0 Å². The number of rotatable bonds is 5. The fourth-order valence-electron chi connectivity index (χ4n) is 4.53. The van der Waals surface area contributed by atoms with Gasteiger partial charge in [-0.3, -0.25) is 9.97 Å². The van der Waals surface area contributed by atoms with Gasteiger partial charge in [-0.2, -0.15) is 0 Å². The largest absolute Gasteiger partial charge is 0.361 e. The van der Waals surface area contributed by atoms with Crippen LogP contribution in [0.25, 0.3) is 22.2 Å². The van der Waals surface area contributed by atoms with E-state index >= 15 is 4.39 Å². The highest BCUT2D eigenvalue weighted by molar-refractivity contribution is 5.88. The van der Waals surface area contributed by atoms with Crippen molar-refractivity contribution in [3.63, 3.8) is 0 Å². The van der Waals surface area contributed by atoms with Crippen LogP contribution in [0.2, 0.25) is 0 Å². The summed E-state index contributed by atoms with van der Waals surface area (Å²) in [5.41, 5.74) is 2.60. The Morgan fingerprint density at radius 2 is 1.70 bits per heavy atom. The van der Waals surface area contributed by atoms with Gasteiger partial charge in [-0.25, -0.2) is 9.37 Å². The smallest absolute Gasteiger partial charge is 0.221 e. The first-order valence-corrected chi connectivity index (χ1v) is 11.0. The minimum Gasteiger partial charge on any atom is -0.361 e. The lowest BCUT2D eigenvalue weighted by Crippen LogP contribution is -2.26. The second-order valence-corrected chi connectivity index (χ2v) is 8.60. The molecule has 0 spiro atoms.